The molecule has 0 unspecified atom stereocenters. The van der Waals surface area contributed by atoms with Gasteiger partial charge in [-0.2, -0.15) is 5.10 Å². The molecule has 0 atom stereocenters. The maximum absolute atomic E-state index is 5.73. The van der Waals surface area contributed by atoms with E-state index in [0.29, 0.717) is 12.5 Å². The number of rotatable bonds is 3. The van der Waals surface area contributed by atoms with Crippen LogP contribution in [-0.2, 0) is 13.0 Å². The lowest BCUT2D eigenvalue weighted by Gasteiger charge is -2.04. The lowest BCUT2D eigenvalue weighted by molar-refractivity contribution is 0.636. The van der Waals surface area contributed by atoms with Gasteiger partial charge in [-0.15, -0.1) is 0 Å². The first-order valence-corrected chi connectivity index (χ1v) is 5.37. The first-order chi connectivity index (χ1) is 7.22. The third kappa shape index (κ3) is 1.88. The Hall–Kier alpha value is -1.35. The van der Waals surface area contributed by atoms with Gasteiger partial charge in [-0.1, -0.05) is 26.0 Å². The van der Waals surface area contributed by atoms with Crippen LogP contribution in [0.2, 0.25) is 0 Å². The first kappa shape index (κ1) is 10.2. The zero-order chi connectivity index (χ0) is 10.8. The Morgan fingerprint density at radius 1 is 1.40 bits per heavy atom. The van der Waals surface area contributed by atoms with Gasteiger partial charge in [0.1, 0.15) is 0 Å². The highest BCUT2D eigenvalue weighted by atomic mass is 15.1. The molecule has 3 N–H and O–H groups in total. The number of aromatic nitrogens is 2. The van der Waals surface area contributed by atoms with Crippen LogP contribution in [0.15, 0.2) is 18.2 Å². The maximum atomic E-state index is 5.73. The van der Waals surface area contributed by atoms with Crippen molar-refractivity contribution in [1.82, 2.24) is 10.2 Å². The number of aromatic amines is 1. The fourth-order valence-corrected chi connectivity index (χ4v) is 1.94. The highest BCUT2D eigenvalue weighted by Crippen LogP contribution is 2.22. The van der Waals surface area contributed by atoms with Gasteiger partial charge in [0.25, 0.3) is 0 Å². The van der Waals surface area contributed by atoms with Crippen LogP contribution in [0, 0.1) is 5.92 Å². The fraction of sp³-hybridized carbons (Fsp3) is 0.417. The van der Waals surface area contributed by atoms with Crippen molar-refractivity contribution in [2.45, 2.75) is 26.8 Å². The van der Waals surface area contributed by atoms with E-state index in [0.717, 1.165) is 11.9 Å². The van der Waals surface area contributed by atoms with Crippen molar-refractivity contribution in [3.63, 3.8) is 0 Å². The Balaban J connectivity index is 2.55. The highest BCUT2D eigenvalue weighted by molar-refractivity contribution is 5.84. The maximum Gasteiger partial charge on any atom is 0.0927 e. The monoisotopic (exact) mass is 203 g/mol. The summed E-state index contributed by atoms with van der Waals surface area (Å²) in [6.07, 6.45) is 1.02. The molecule has 3 heteroatoms. The largest absolute Gasteiger partial charge is 0.326 e. The van der Waals surface area contributed by atoms with Crippen molar-refractivity contribution in [1.29, 1.82) is 0 Å². The molecular weight excluding hydrogens is 186 g/mol. The van der Waals surface area contributed by atoms with E-state index in [-0.39, 0.29) is 0 Å². The first-order valence-electron chi connectivity index (χ1n) is 5.37. The molecule has 3 nitrogen and oxygen atoms in total. The fourth-order valence-electron chi connectivity index (χ4n) is 1.94. The molecule has 0 spiro atoms. The molecule has 0 fully saturated rings. The van der Waals surface area contributed by atoms with Gasteiger partial charge in [0.2, 0.25) is 0 Å². The number of hydrogen-bond donors (Lipinski definition) is 2. The SMILES string of the molecule is CC(C)Cc1[nH]nc2cccc(CN)c12. The Kier molecular flexibility index (Phi) is 2.73. The summed E-state index contributed by atoms with van der Waals surface area (Å²) in [4.78, 5) is 0. The topological polar surface area (TPSA) is 54.7 Å². The van der Waals surface area contributed by atoms with Crippen LogP contribution >= 0.6 is 0 Å². The molecule has 15 heavy (non-hydrogen) atoms. The van der Waals surface area contributed by atoms with Crippen molar-refractivity contribution in [3.05, 3.63) is 29.5 Å². The molecule has 0 aliphatic heterocycles. The van der Waals surface area contributed by atoms with Crippen molar-refractivity contribution >= 4 is 10.9 Å². The second-order valence-corrected chi connectivity index (χ2v) is 4.32. The Bertz CT molecular complexity index is 457. The average molecular weight is 203 g/mol. The molecule has 1 heterocycles. The zero-order valence-electron chi connectivity index (χ0n) is 9.25. The van der Waals surface area contributed by atoms with Crippen molar-refractivity contribution in [2.24, 2.45) is 11.7 Å². The van der Waals surface area contributed by atoms with E-state index in [9.17, 15) is 0 Å². The highest BCUT2D eigenvalue weighted by Gasteiger charge is 2.09. The summed E-state index contributed by atoms with van der Waals surface area (Å²) >= 11 is 0. The third-order valence-electron chi connectivity index (χ3n) is 2.57. The average Bonchev–Trinajstić information content (AvgIpc) is 2.61. The molecule has 0 amide bonds. The molecule has 0 saturated heterocycles. The summed E-state index contributed by atoms with van der Waals surface area (Å²) < 4.78 is 0. The van der Waals surface area contributed by atoms with Gasteiger partial charge >= 0.3 is 0 Å². The summed E-state index contributed by atoms with van der Waals surface area (Å²) in [7, 11) is 0. The summed E-state index contributed by atoms with van der Waals surface area (Å²) in [5.74, 6) is 0.625. The molecule has 0 aliphatic rings. The van der Waals surface area contributed by atoms with Crippen LogP contribution < -0.4 is 5.73 Å². The number of nitrogens with one attached hydrogen (secondary N) is 1. The minimum Gasteiger partial charge on any atom is -0.326 e. The normalized spacial score (nSPS) is 11.5. The quantitative estimate of drug-likeness (QED) is 0.803. The lowest BCUT2D eigenvalue weighted by Crippen LogP contribution is -2.00. The molecule has 0 radical (unpaired) electrons. The number of benzene rings is 1. The number of nitrogens with zero attached hydrogens (tertiary/aromatic N) is 1. The third-order valence-corrected chi connectivity index (χ3v) is 2.57. The van der Waals surface area contributed by atoms with Crippen molar-refractivity contribution in [3.8, 4) is 0 Å². The molecule has 1 aromatic heterocycles. The Morgan fingerprint density at radius 3 is 2.87 bits per heavy atom. The summed E-state index contributed by atoms with van der Waals surface area (Å²) in [6.45, 7) is 4.98. The second-order valence-electron chi connectivity index (χ2n) is 4.32. The minimum atomic E-state index is 0.571. The molecular formula is C12H17N3. The van der Waals surface area contributed by atoms with E-state index < -0.39 is 0 Å². The van der Waals surface area contributed by atoms with Crippen molar-refractivity contribution in [2.75, 3.05) is 0 Å². The molecule has 2 aromatic rings. The van der Waals surface area contributed by atoms with Crippen LogP contribution in [0.25, 0.3) is 10.9 Å². The zero-order valence-corrected chi connectivity index (χ0v) is 9.25. The van der Waals surface area contributed by atoms with Crippen LogP contribution in [0.4, 0.5) is 0 Å². The molecule has 80 valence electrons. The van der Waals surface area contributed by atoms with Gasteiger partial charge in [-0.3, -0.25) is 5.10 Å². The predicted molar refractivity (Wildman–Crippen MR) is 62.5 cm³/mol. The standard InChI is InChI=1S/C12H17N3/c1-8(2)6-11-12-9(7-13)4-3-5-10(12)14-15-11/h3-5,8H,6-7,13H2,1-2H3,(H,14,15). The van der Waals surface area contributed by atoms with E-state index in [1.807, 2.05) is 12.1 Å². The Labute approximate surface area is 89.7 Å². The number of nitrogens with two attached hydrogens (primary N) is 1. The predicted octanol–water partition coefficient (Wildman–Crippen LogP) is 2.22. The Morgan fingerprint density at radius 2 is 2.20 bits per heavy atom. The van der Waals surface area contributed by atoms with E-state index in [4.69, 9.17) is 5.73 Å². The second kappa shape index (κ2) is 4.03. The molecule has 0 bridgehead atoms. The summed E-state index contributed by atoms with van der Waals surface area (Å²) in [6, 6.07) is 6.10. The number of fused-ring (bicyclic) bond motifs is 1. The smallest absolute Gasteiger partial charge is 0.0927 e. The number of hydrogen-bond acceptors (Lipinski definition) is 2. The van der Waals surface area contributed by atoms with Gasteiger partial charge < -0.3 is 5.73 Å². The molecule has 0 aliphatic carbocycles. The van der Waals surface area contributed by atoms with Gasteiger partial charge in [-0.05, 0) is 24.0 Å². The van der Waals surface area contributed by atoms with Gasteiger partial charge in [0.05, 0.1) is 5.52 Å². The van der Waals surface area contributed by atoms with E-state index >= 15 is 0 Å². The van der Waals surface area contributed by atoms with Crippen LogP contribution in [0.1, 0.15) is 25.1 Å². The van der Waals surface area contributed by atoms with E-state index in [1.165, 1.54) is 16.6 Å². The summed E-state index contributed by atoms with van der Waals surface area (Å²) in [5.41, 5.74) is 9.14. The van der Waals surface area contributed by atoms with Crippen LogP contribution in [0.3, 0.4) is 0 Å². The van der Waals surface area contributed by atoms with Gasteiger partial charge in [0, 0.05) is 17.6 Å². The van der Waals surface area contributed by atoms with Gasteiger partial charge in [-0.25, -0.2) is 0 Å². The van der Waals surface area contributed by atoms with Crippen LogP contribution in [0.5, 0.6) is 0 Å². The number of H-pyrrole nitrogens is 1. The van der Waals surface area contributed by atoms with Crippen molar-refractivity contribution < 1.29 is 0 Å². The van der Waals surface area contributed by atoms with Crippen LogP contribution in [-0.4, -0.2) is 10.2 Å². The lowest BCUT2D eigenvalue weighted by atomic mass is 10.0. The van der Waals surface area contributed by atoms with E-state index in [2.05, 4.69) is 30.1 Å². The van der Waals surface area contributed by atoms with Gasteiger partial charge in [0.15, 0.2) is 0 Å². The summed E-state index contributed by atoms with van der Waals surface area (Å²) in [5, 5.41) is 8.63. The minimum absolute atomic E-state index is 0.571. The molecule has 1 aromatic carbocycles. The molecule has 0 saturated carbocycles. The molecule has 2 rings (SSSR count). The van der Waals surface area contributed by atoms with E-state index in [1.54, 1.807) is 0 Å².